The maximum Gasteiger partial charge on any atom is 0.123 e. The number of aromatic nitrogens is 2. The molecule has 2 aromatic heterocycles. The quantitative estimate of drug-likeness (QED) is 0.274. The minimum Gasteiger partial charge on any atom is -0.316 e. The average Bonchev–Trinajstić information content (AvgIpc) is 3.32. The first-order chi connectivity index (χ1) is 15.3. The Morgan fingerprint density at radius 1 is 0.562 bits per heavy atom. The van der Waals surface area contributed by atoms with Crippen molar-refractivity contribution in [1.29, 1.82) is 0 Å². The van der Waals surface area contributed by atoms with E-state index >= 15 is 0 Å². The van der Waals surface area contributed by atoms with Crippen LogP contribution in [0.5, 0.6) is 0 Å². The van der Waals surface area contributed by atoms with Crippen LogP contribution >= 0.6 is 0 Å². The lowest BCUT2D eigenvalue weighted by atomic mass is 10.0. The summed E-state index contributed by atoms with van der Waals surface area (Å²) in [6, 6.07) is 18.2. The maximum absolute atomic E-state index is 13.9. The van der Waals surface area contributed by atoms with Gasteiger partial charge in [0.1, 0.15) is 11.6 Å². The second kappa shape index (κ2) is 7.63. The summed E-state index contributed by atoms with van der Waals surface area (Å²) in [5.41, 5.74) is 6.28. The van der Waals surface area contributed by atoms with Gasteiger partial charge in [-0.25, -0.2) is 8.78 Å². The van der Waals surface area contributed by atoms with Gasteiger partial charge in [-0.1, -0.05) is 27.7 Å². The fourth-order valence-corrected chi connectivity index (χ4v) is 4.58. The zero-order valence-electron chi connectivity index (χ0n) is 18.7. The van der Waals surface area contributed by atoms with E-state index in [0.29, 0.717) is 11.8 Å². The Morgan fingerprint density at radius 3 is 1.28 bits per heavy atom. The minimum absolute atomic E-state index is 0.218. The summed E-state index contributed by atoms with van der Waals surface area (Å²) in [7, 11) is 0. The molecule has 3 aromatic carbocycles. The molecule has 0 spiro atoms. The van der Waals surface area contributed by atoms with Crippen LogP contribution in [0.1, 0.15) is 50.7 Å². The summed E-state index contributed by atoms with van der Waals surface area (Å²) >= 11 is 0. The van der Waals surface area contributed by atoms with Gasteiger partial charge in [-0.3, -0.25) is 0 Å². The Balaban J connectivity index is 1.62. The fourth-order valence-electron chi connectivity index (χ4n) is 4.58. The zero-order valence-corrected chi connectivity index (χ0v) is 18.7. The van der Waals surface area contributed by atoms with Crippen molar-refractivity contribution >= 4 is 21.8 Å². The molecular weight excluding hydrogens is 402 g/mol. The molecule has 0 aliphatic carbocycles. The van der Waals surface area contributed by atoms with Gasteiger partial charge in [-0.2, -0.15) is 0 Å². The third-order valence-electron chi connectivity index (χ3n) is 6.24. The number of hydrogen-bond acceptors (Lipinski definition) is 0. The standard InChI is InChI=1S/C28H26F2N2/c1-17(2)25-15-31(27-11-5-19(29)13-23(25)27)21-7-9-22(10-8-21)32-16-26(18(3)4)24-14-20(30)6-12-28(24)32/h5-18H,1-4H3. The molecule has 0 saturated carbocycles. The average molecular weight is 429 g/mol. The summed E-state index contributed by atoms with van der Waals surface area (Å²) in [5, 5.41) is 1.90. The highest BCUT2D eigenvalue weighted by molar-refractivity contribution is 5.87. The van der Waals surface area contributed by atoms with Crippen molar-refractivity contribution < 1.29 is 8.78 Å². The van der Waals surface area contributed by atoms with Crippen LogP contribution in [-0.4, -0.2) is 9.13 Å². The second-order valence-electron chi connectivity index (χ2n) is 9.06. The van der Waals surface area contributed by atoms with E-state index in [4.69, 9.17) is 0 Å². The van der Waals surface area contributed by atoms with Crippen molar-refractivity contribution in [3.8, 4) is 11.4 Å². The lowest BCUT2D eigenvalue weighted by Crippen LogP contribution is -1.95. The van der Waals surface area contributed by atoms with Crippen LogP contribution in [0.3, 0.4) is 0 Å². The smallest absolute Gasteiger partial charge is 0.123 e. The Morgan fingerprint density at radius 2 is 0.938 bits per heavy atom. The molecule has 162 valence electrons. The van der Waals surface area contributed by atoms with E-state index in [1.165, 1.54) is 12.1 Å². The van der Waals surface area contributed by atoms with Gasteiger partial charge < -0.3 is 9.13 Å². The highest BCUT2D eigenvalue weighted by atomic mass is 19.1. The van der Waals surface area contributed by atoms with Crippen molar-refractivity contribution in [2.24, 2.45) is 0 Å². The first-order valence-electron chi connectivity index (χ1n) is 11.1. The molecule has 0 atom stereocenters. The van der Waals surface area contributed by atoms with Gasteiger partial charge in [-0.15, -0.1) is 0 Å². The van der Waals surface area contributed by atoms with Gasteiger partial charge >= 0.3 is 0 Å². The van der Waals surface area contributed by atoms with Gasteiger partial charge in [0.25, 0.3) is 0 Å². The first-order valence-corrected chi connectivity index (χ1v) is 11.1. The van der Waals surface area contributed by atoms with Crippen molar-refractivity contribution in [2.75, 3.05) is 0 Å². The predicted molar refractivity (Wildman–Crippen MR) is 128 cm³/mol. The highest BCUT2D eigenvalue weighted by Crippen LogP contribution is 2.33. The molecule has 0 N–H and O–H groups in total. The SMILES string of the molecule is CC(C)c1cn(-c2ccc(-n3cc(C(C)C)c4cc(F)ccc43)cc2)c2ccc(F)cc12. The molecule has 4 heteroatoms. The van der Waals surface area contributed by atoms with Crippen molar-refractivity contribution in [3.63, 3.8) is 0 Å². The Hall–Kier alpha value is -3.40. The number of fused-ring (bicyclic) bond motifs is 2. The first kappa shape index (κ1) is 20.5. The Kier molecular flexibility index (Phi) is 4.89. The van der Waals surface area contributed by atoms with E-state index in [-0.39, 0.29) is 11.6 Å². The molecular formula is C28H26F2N2. The van der Waals surface area contributed by atoms with Crippen LogP contribution in [0, 0.1) is 11.6 Å². The van der Waals surface area contributed by atoms with E-state index in [1.54, 1.807) is 12.1 Å². The number of benzene rings is 3. The molecule has 0 unspecified atom stereocenters. The molecule has 0 bridgehead atoms. The molecule has 32 heavy (non-hydrogen) atoms. The third kappa shape index (κ3) is 3.31. The normalized spacial score (nSPS) is 12.0. The molecule has 0 fully saturated rings. The molecule has 0 aliphatic rings. The van der Waals surface area contributed by atoms with Gasteiger partial charge in [0, 0.05) is 34.5 Å². The number of hydrogen-bond donors (Lipinski definition) is 0. The molecule has 2 heterocycles. The number of rotatable bonds is 4. The highest BCUT2D eigenvalue weighted by Gasteiger charge is 2.15. The van der Waals surface area contributed by atoms with E-state index in [2.05, 4.69) is 73.5 Å². The monoisotopic (exact) mass is 428 g/mol. The van der Waals surface area contributed by atoms with Gasteiger partial charge in [0.05, 0.1) is 11.0 Å². The summed E-state index contributed by atoms with van der Waals surface area (Å²) < 4.78 is 32.1. The molecule has 5 rings (SSSR count). The maximum atomic E-state index is 13.9. The Labute approximate surface area is 186 Å². The molecule has 5 aromatic rings. The van der Waals surface area contributed by atoms with E-state index in [0.717, 1.165) is 44.3 Å². The lowest BCUT2D eigenvalue weighted by molar-refractivity contribution is 0.629. The van der Waals surface area contributed by atoms with Gasteiger partial charge in [-0.05, 0) is 83.6 Å². The summed E-state index contributed by atoms with van der Waals surface area (Å²) in [6.45, 7) is 8.50. The molecule has 0 radical (unpaired) electrons. The molecule has 2 nitrogen and oxygen atoms in total. The molecule has 0 amide bonds. The number of halogens is 2. The summed E-state index contributed by atoms with van der Waals surface area (Å²) in [4.78, 5) is 0. The zero-order chi connectivity index (χ0) is 22.6. The van der Waals surface area contributed by atoms with E-state index < -0.39 is 0 Å². The fraction of sp³-hybridized carbons (Fsp3) is 0.214. The van der Waals surface area contributed by atoms with Gasteiger partial charge in [0.2, 0.25) is 0 Å². The van der Waals surface area contributed by atoms with Gasteiger partial charge in [0.15, 0.2) is 0 Å². The predicted octanol–water partition coefficient (Wildman–Crippen LogP) is 8.10. The molecule has 0 saturated heterocycles. The van der Waals surface area contributed by atoms with Crippen molar-refractivity contribution in [3.05, 3.63) is 95.8 Å². The topological polar surface area (TPSA) is 9.86 Å². The van der Waals surface area contributed by atoms with Crippen LogP contribution in [0.4, 0.5) is 8.78 Å². The van der Waals surface area contributed by atoms with E-state index in [9.17, 15) is 8.78 Å². The Bertz CT molecular complexity index is 1330. The van der Waals surface area contributed by atoms with Crippen LogP contribution in [0.2, 0.25) is 0 Å². The van der Waals surface area contributed by atoms with Crippen LogP contribution in [0.25, 0.3) is 33.2 Å². The summed E-state index contributed by atoms with van der Waals surface area (Å²) in [6.07, 6.45) is 4.21. The number of nitrogens with zero attached hydrogens (tertiary/aromatic N) is 2. The largest absolute Gasteiger partial charge is 0.316 e. The second-order valence-corrected chi connectivity index (χ2v) is 9.06. The minimum atomic E-state index is -0.218. The summed E-state index contributed by atoms with van der Waals surface area (Å²) in [5.74, 6) is 0.149. The third-order valence-corrected chi connectivity index (χ3v) is 6.24. The van der Waals surface area contributed by atoms with Crippen LogP contribution < -0.4 is 0 Å². The van der Waals surface area contributed by atoms with Crippen molar-refractivity contribution in [2.45, 2.75) is 39.5 Å². The molecule has 0 aliphatic heterocycles. The lowest BCUT2D eigenvalue weighted by Gasteiger charge is -2.09. The van der Waals surface area contributed by atoms with Crippen molar-refractivity contribution in [1.82, 2.24) is 9.13 Å². The van der Waals surface area contributed by atoms with Crippen LogP contribution in [-0.2, 0) is 0 Å². The van der Waals surface area contributed by atoms with E-state index in [1.807, 2.05) is 12.1 Å². The van der Waals surface area contributed by atoms with Crippen LogP contribution in [0.15, 0.2) is 73.1 Å².